The molecule has 1 aromatic heterocycles. The summed E-state index contributed by atoms with van der Waals surface area (Å²) in [6.45, 7) is 0.612. The summed E-state index contributed by atoms with van der Waals surface area (Å²) in [5, 5.41) is 4.40. The van der Waals surface area contributed by atoms with Crippen molar-refractivity contribution in [2.24, 2.45) is 0 Å². The molecule has 1 heterocycles. The van der Waals surface area contributed by atoms with Crippen LogP contribution in [-0.4, -0.2) is 30.4 Å². The maximum atomic E-state index is 13.7. The normalized spacial score (nSPS) is 11.8. The summed E-state index contributed by atoms with van der Waals surface area (Å²) in [4.78, 5) is 36.2. The fourth-order valence-electron chi connectivity index (χ4n) is 2.53. The minimum Gasteiger partial charge on any atom is -0.448 e. The smallest absolute Gasteiger partial charge is 0.349 e. The van der Waals surface area contributed by atoms with Crippen LogP contribution in [-0.2, 0) is 14.3 Å². The van der Waals surface area contributed by atoms with Gasteiger partial charge in [-0.1, -0.05) is 6.07 Å². The number of carbonyl (C=O) groups is 3. The Morgan fingerprint density at radius 3 is 2.48 bits per heavy atom. The molecule has 1 atom stereocenters. The zero-order valence-corrected chi connectivity index (χ0v) is 16.6. The van der Waals surface area contributed by atoms with E-state index in [9.17, 15) is 31.9 Å². The molecule has 0 fully saturated rings. The number of nitrogens with one attached hydrogen (secondary N) is 2. The second-order valence-corrected chi connectivity index (χ2v) is 7.38. The van der Waals surface area contributed by atoms with Gasteiger partial charge in [0.1, 0.15) is 10.7 Å². The van der Waals surface area contributed by atoms with Gasteiger partial charge in [-0.2, -0.15) is 0 Å². The number of benzene rings is 2. The number of rotatable bonds is 6. The molecule has 0 saturated carbocycles. The quantitative estimate of drug-likeness (QED) is 0.338. The van der Waals surface area contributed by atoms with E-state index >= 15 is 0 Å². The monoisotopic (exact) mass is 454 g/mol. The van der Waals surface area contributed by atoms with Crippen molar-refractivity contribution < 1.29 is 36.7 Å². The first-order valence-corrected chi connectivity index (χ1v) is 9.59. The highest BCUT2D eigenvalue weighted by Crippen LogP contribution is 2.28. The summed E-state index contributed by atoms with van der Waals surface area (Å²) in [6.07, 6.45) is -1.30. The summed E-state index contributed by atoms with van der Waals surface area (Å²) >= 11 is 0.993. The molecule has 31 heavy (non-hydrogen) atoms. The number of esters is 1. The maximum absolute atomic E-state index is 13.7. The first-order chi connectivity index (χ1) is 14.7. The van der Waals surface area contributed by atoms with Gasteiger partial charge in [-0.3, -0.25) is 9.59 Å². The molecule has 0 radical (unpaired) electrons. The Kier molecular flexibility index (Phi) is 6.54. The number of hydrogen-bond donors (Lipinski definition) is 2. The van der Waals surface area contributed by atoms with Crippen molar-refractivity contribution in [1.29, 1.82) is 0 Å². The van der Waals surface area contributed by atoms with E-state index < -0.39 is 59.4 Å². The Morgan fingerprint density at radius 1 is 1.03 bits per heavy atom. The lowest BCUT2D eigenvalue weighted by atomic mass is 10.2. The number of hydrogen-bond acceptors (Lipinski definition) is 5. The Hall–Kier alpha value is -3.47. The largest absolute Gasteiger partial charge is 0.448 e. The molecule has 0 aliphatic heterocycles. The van der Waals surface area contributed by atoms with Gasteiger partial charge >= 0.3 is 5.97 Å². The van der Waals surface area contributed by atoms with Crippen LogP contribution in [0.5, 0.6) is 0 Å². The summed E-state index contributed by atoms with van der Waals surface area (Å²) in [7, 11) is 0. The van der Waals surface area contributed by atoms with Crippen LogP contribution in [0.2, 0.25) is 0 Å². The third kappa shape index (κ3) is 5.00. The first kappa shape index (κ1) is 22.2. The van der Waals surface area contributed by atoms with Gasteiger partial charge < -0.3 is 15.4 Å². The van der Waals surface area contributed by atoms with Gasteiger partial charge in [0, 0.05) is 10.1 Å². The molecular weight excluding hydrogens is 440 g/mol. The average Bonchev–Trinajstić information content (AvgIpc) is 3.18. The third-order valence-electron chi connectivity index (χ3n) is 4.09. The van der Waals surface area contributed by atoms with Gasteiger partial charge in [0.25, 0.3) is 5.91 Å². The third-order valence-corrected chi connectivity index (χ3v) is 5.18. The summed E-state index contributed by atoms with van der Waals surface area (Å²) in [5.41, 5.74) is -0.602. The zero-order chi connectivity index (χ0) is 22.7. The van der Waals surface area contributed by atoms with Crippen molar-refractivity contribution in [1.82, 2.24) is 5.32 Å². The number of fused-ring (bicyclic) bond motifs is 1. The van der Waals surface area contributed by atoms with Crippen molar-refractivity contribution in [3.05, 3.63) is 64.5 Å². The molecule has 6 nitrogen and oxygen atoms in total. The Balaban J connectivity index is 1.54. The molecule has 0 saturated heterocycles. The van der Waals surface area contributed by atoms with Crippen LogP contribution < -0.4 is 10.6 Å². The highest BCUT2D eigenvalue weighted by atomic mass is 32.1. The van der Waals surface area contributed by atoms with Crippen LogP contribution in [0, 0.1) is 23.3 Å². The summed E-state index contributed by atoms with van der Waals surface area (Å²) < 4.78 is 58.9. The van der Waals surface area contributed by atoms with Crippen LogP contribution in [0.4, 0.5) is 23.2 Å². The number of thiophene rings is 1. The molecule has 1 unspecified atom stereocenters. The summed E-state index contributed by atoms with van der Waals surface area (Å²) in [5.74, 6) is -7.84. The van der Waals surface area contributed by atoms with E-state index in [2.05, 4.69) is 5.32 Å². The van der Waals surface area contributed by atoms with Gasteiger partial charge in [-0.25, -0.2) is 22.4 Å². The fraction of sp³-hybridized carbons (Fsp3) is 0.150. The van der Waals surface area contributed by atoms with Gasteiger partial charge in [-0.05, 0) is 37.3 Å². The lowest BCUT2D eigenvalue weighted by Crippen LogP contribution is -2.40. The molecular formula is C20H14F4N2O4S. The highest BCUT2D eigenvalue weighted by Gasteiger charge is 2.22. The molecule has 0 bridgehead atoms. The van der Waals surface area contributed by atoms with E-state index in [0.29, 0.717) is 10.8 Å². The topological polar surface area (TPSA) is 84.5 Å². The summed E-state index contributed by atoms with van der Waals surface area (Å²) in [6, 6.07) is 7.14. The van der Waals surface area contributed by atoms with Crippen molar-refractivity contribution in [3.8, 4) is 0 Å². The molecule has 0 aliphatic carbocycles. The van der Waals surface area contributed by atoms with Crippen LogP contribution in [0.3, 0.4) is 0 Å². The predicted molar refractivity (Wildman–Crippen MR) is 105 cm³/mol. The zero-order valence-electron chi connectivity index (χ0n) is 15.8. The molecule has 3 aromatic rings. The van der Waals surface area contributed by atoms with E-state index in [0.717, 1.165) is 17.4 Å². The molecule has 3 rings (SSSR count). The Morgan fingerprint density at radius 2 is 1.77 bits per heavy atom. The molecule has 2 aromatic carbocycles. The predicted octanol–water partition coefficient (Wildman–Crippen LogP) is 3.76. The van der Waals surface area contributed by atoms with Crippen LogP contribution >= 0.6 is 11.3 Å². The molecule has 162 valence electrons. The number of amides is 2. The first-order valence-electron chi connectivity index (χ1n) is 8.77. The molecule has 2 amide bonds. The van der Waals surface area contributed by atoms with Crippen molar-refractivity contribution in [3.63, 3.8) is 0 Å². The van der Waals surface area contributed by atoms with Gasteiger partial charge in [-0.15, -0.1) is 11.3 Å². The second-order valence-electron chi connectivity index (χ2n) is 6.30. The lowest BCUT2D eigenvalue weighted by Gasteiger charge is -2.13. The van der Waals surface area contributed by atoms with E-state index in [4.69, 9.17) is 4.74 Å². The molecule has 11 heteroatoms. The van der Waals surface area contributed by atoms with E-state index in [1.807, 2.05) is 5.32 Å². The van der Waals surface area contributed by atoms with Crippen molar-refractivity contribution in [2.75, 3.05) is 11.9 Å². The van der Waals surface area contributed by atoms with Gasteiger partial charge in [0.15, 0.2) is 23.6 Å². The van der Waals surface area contributed by atoms with Crippen LogP contribution in [0.25, 0.3) is 10.1 Å². The number of ether oxygens (including phenoxy) is 1. The van der Waals surface area contributed by atoms with Crippen molar-refractivity contribution >= 4 is 44.9 Å². The van der Waals surface area contributed by atoms with Gasteiger partial charge in [0.2, 0.25) is 5.91 Å². The standard InChI is InChI=1S/C20H14F4N2O4S/c1-9(30-20(29)15-7-10-11(21)3-2-4-14(10)31-15)19(28)25-8-16(27)26-13-6-5-12(22)17(23)18(13)24/h2-7,9H,8H2,1H3,(H,25,28)(H,26,27). The van der Waals surface area contributed by atoms with Crippen LogP contribution in [0.15, 0.2) is 36.4 Å². The van der Waals surface area contributed by atoms with E-state index in [1.54, 1.807) is 6.07 Å². The molecule has 0 aliphatic rings. The number of anilines is 1. The minimum absolute atomic E-state index is 0.0892. The van der Waals surface area contributed by atoms with E-state index in [-0.39, 0.29) is 10.3 Å². The molecule has 0 spiro atoms. The maximum Gasteiger partial charge on any atom is 0.349 e. The number of halogens is 4. The SMILES string of the molecule is CC(OC(=O)c1cc2c(F)cccc2s1)C(=O)NCC(=O)Nc1ccc(F)c(F)c1F. The Labute approximate surface area is 176 Å². The van der Waals surface area contributed by atoms with Crippen LogP contribution in [0.1, 0.15) is 16.6 Å². The second kappa shape index (κ2) is 9.13. The van der Waals surface area contributed by atoms with Gasteiger partial charge in [0.05, 0.1) is 12.2 Å². The lowest BCUT2D eigenvalue weighted by molar-refractivity contribution is -0.130. The minimum atomic E-state index is -1.75. The fourth-order valence-corrected chi connectivity index (χ4v) is 3.48. The van der Waals surface area contributed by atoms with Crippen molar-refractivity contribution in [2.45, 2.75) is 13.0 Å². The van der Waals surface area contributed by atoms with E-state index in [1.165, 1.54) is 25.1 Å². The highest BCUT2D eigenvalue weighted by molar-refractivity contribution is 7.20. The average molecular weight is 454 g/mol. The number of carbonyl (C=O) groups excluding carboxylic acids is 3. The Bertz CT molecular complexity index is 1180. The molecule has 2 N–H and O–H groups in total.